The Morgan fingerprint density at radius 2 is 0.886 bits per heavy atom. The predicted molar refractivity (Wildman–Crippen MR) is 408 cm³/mol. The van der Waals surface area contributed by atoms with Crippen molar-refractivity contribution < 1.29 is 104 Å². The standard InChI is InChI=1S/C82H154N2O21/c1-4-6-8-10-12-14-16-18-20-21-22-23-24-25-26-27-28-29-30-31-32-33-34-35-36-37-38-39-40-41-42-44-46-48-50-52-54-56-69(92)84-63(64(89)55-53-51-49-47-45-43-19-17-15-13-11-9-7-5-2)61-100-79-74(96)73(95)76(68(60-87)102-79)103-80-75(97)78(72(94)67(59-86)101-80)105-82(81(98)99)57-65(90)70(83-62(3)88)77(104-82)71(93)66(91)58-85/h29-30,63-68,70-80,85-87,89-91,93-97H,4-28,31-61H2,1-3H3,(H,83,88)(H,84,92)(H,98,99)/b30-29-. The van der Waals surface area contributed by atoms with Crippen molar-refractivity contribution in [1.82, 2.24) is 10.6 Å². The van der Waals surface area contributed by atoms with Gasteiger partial charge in [0.2, 0.25) is 11.8 Å². The number of nitrogens with one attached hydrogen (secondary N) is 2. The monoisotopic (exact) mass is 1500 g/mol. The Hall–Kier alpha value is -2.53. The quantitative estimate of drug-likeness (QED) is 0.0199. The van der Waals surface area contributed by atoms with Crippen LogP contribution in [-0.2, 0) is 42.8 Å². The highest BCUT2D eigenvalue weighted by Crippen LogP contribution is 2.39. The molecule has 0 aromatic rings. The molecule has 618 valence electrons. The van der Waals surface area contributed by atoms with Crippen LogP contribution >= 0.6 is 0 Å². The molecule has 0 bridgehead atoms. The van der Waals surface area contributed by atoms with Crippen LogP contribution in [0.2, 0.25) is 0 Å². The van der Waals surface area contributed by atoms with Gasteiger partial charge in [-0.25, -0.2) is 4.79 Å². The van der Waals surface area contributed by atoms with Gasteiger partial charge in [0, 0.05) is 19.8 Å². The Morgan fingerprint density at radius 3 is 1.29 bits per heavy atom. The third kappa shape index (κ3) is 41.0. The highest BCUT2D eigenvalue weighted by atomic mass is 16.8. The van der Waals surface area contributed by atoms with Gasteiger partial charge in [0.1, 0.15) is 67.1 Å². The summed E-state index contributed by atoms with van der Waals surface area (Å²) in [6.07, 6.45) is 38.2. The van der Waals surface area contributed by atoms with Crippen LogP contribution in [0.15, 0.2) is 12.2 Å². The minimum absolute atomic E-state index is 0.227. The third-order valence-electron chi connectivity index (χ3n) is 21.7. The van der Waals surface area contributed by atoms with Crippen molar-refractivity contribution in [2.75, 3.05) is 26.4 Å². The summed E-state index contributed by atoms with van der Waals surface area (Å²) in [5, 5.41) is 136. The molecule has 0 aliphatic carbocycles. The second kappa shape index (κ2) is 61.1. The molecule has 3 aliphatic heterocycles. The molecule has 3 heterocycles. The maximum absolute atomic E-state index is 13.5. The molecule has 0 radical (unpaired) electrons. The minimum Gasteiger partial charge on any atom is -0.477 e. The van der Waals surface area contributed by atoms with Crippen molar-refractivity contribution in [3.8, 4) is 0 Å². The second-order valence-electron chi connectivity index (χ2n) is 31.0. The van der Waals surface area contributed by atoms with Crippen LogP contribution in [-0.4, -0.2) is 215 Å². The number of rotatable bonds is 68. The highest BCUT2D eigenvalue weighted by Gasteiger charge is 2.60. The lowest BCUT2D eigenvalue weighted by Gasteiger charge is -2.50. The summed E-state index contributed by atoms with van der Waals surface area (Å²) in [4.78, 5) is 38.7. The van der Waals surface area contributed by atoms with Crippen molar-refractivity contribution in [2.24, 2.45) is 0 Å². The average molecular weight is 1500 g/mol. The number of carboxylic acid groups (broad SMARTS) is 1. The number of carboxylic acids is 1. The zero-order valence-corrected chi connectivity index (χ0v) is 65.6. The lowest BCUT2D eigenvalue weighted by Crippen LogP contribution is -2.70. The second-order valence-corrected chi connectivity index (χ2v) is 31.0. The maximum Gasteiger partial charge on any atom is 0.364 e. The molecule has 3 fully saturated rings. The minimum atomic E-state index is -3.08. The molecule has 0 aromatic heterocycles. The molecular weight excluding hydrogens is 1350 g/mol. The molecular formula is C82H154N2O21. The number of allylic oxidation sites excluding steroid dienone is 2. The highest BCUT2D eigenvalue weighted by molar-refractivity contribution is 5.77. The van der Waals surface area contributed by atoms with Crippen molar-refractivity contribution in [1.29, 1.82) is 0 Å². The first-order valence-corrected chi connectivity index (χ1v) is 42.5. The van der Waals surface area contributed by atoms with E-state index in [1.54, 1.807) is 0 Å². The van der Waals surface area contributed by atoms with Crippen LogP contribution in [0.25, 0.3) is 0 Å². The Bertz CT molecular complexity index is 2140. The van der Waals surface area contributed by atoms with Crippen molar-refractivity contribution >= 4 is 17.8 Å². The van der Waals surface area contributed by atoms with Gasteiger partial charge in [0.05, 0.1) is 50.7 Å². The zero-order chi connectivity index (χ0) is 76.7. The molecule has 105 heavy (non-hydrogen) atoms. The van der Waals surface area contributed by atoms with Crippen LogP contribution in [0.4, 0.5) is 0 Å². The van der Waals surface area contributed by atoms with Gasteiger partial charge in [-0.1, -0.05) is 309 Å². The molecule has 14 N–H and O–H groups in total. The van der Waals surface area contributed by atoms with E-state index in [9.17, 15) is 75.7 Å². The first-order chi connectivity index (χ1) is 50.9. The number of amides is 2. The summed E-state index contributed by atoms with van der Waals surface area (Å²) in [5.74, 6) is -6.09. The fourth-order valence-electron chi connectivity index (χ4n) is 15.0. The van der Waals surface area contributed by atoms with E-state index in [1.165, 1.54) is 250 Å². The topological polar surface area (TPSA) is 373 Å². The van der Waals surface area contributed by atoms with Gasteiger partial charge < -0.3 is 100 Å². The van der Waals surface area contributed by atoms with Gasteiger partial charge in [0.25, 0.3) is 5.79 Å². The molecule has 18 unspecified atom stereocenters. The average Bonchev–Trinajstić information content (AvgIpc) is 0.755. The Balaban J connectivity index is 1.40. The van der Waals surface area contributed by atoms with Crippen LogP contribution < -0.4 is 10.6 Å². The number of carbonyl (C=O) groups excluding carboxylic acids is 2. The van der Waals surface area contributed by atoms with Gasteiger partial charge in [0.15, 0.2) is 12.6 Å². The fraction of sp³-hybridized carbons (Fsp3) is 0.939. The molecule has 2 amide bonds. The van der Waals surface area contributed by atoms with Gasteiger partial charge >= 0.3 is 5.97 Å². The van der Waals surface area contributed by atoms with E-state index in [2.05, 4.69) is 36.6 Å². The number of carbonyl (C=O) groups is 3. The predicted octanol–water partition coefficient (Wildman–Crippen LogP) is 12.1. The van der Waals surface area contributed by atoms with Crippen LogP contribution in [0, 0.1) is 0 Å². The summed E-state index contributed by atoms with van der Waals surface area (Å²) in [5.41, 5.74) is 0. The van der Waals surface area contributed by atoms with Gasteiger partial charge in [-0.15, -0.1) is 0 Å². The van der Waals surface area contributed by atoms with Gasteiger partial charge in [-0.3, -0.25) is 9.59 Å². The summed E-state index contributed by atoms with van der Waals surface area (Å²) < 4.78 is 35.0. The fourth-order valence-corrected chi connectivity index (χ4v) is 15.0. The molecule has 0 spiro atoms. The number of hydrogen-bond donors (Lipinski definition) is 14. The lowest BCUT2D eigenvalue weighted by atomic mass is 9.88. The molecule has 23 nitrogen and oxygen atoms in total. The molecule has 23 heteroatoms. The summed E-state index contributed by atoms with van der Waals surface area (Å²) in [6, 6.07) is -2.53. The SMILES string of the molecule is CCCCCCCCCCCCCCCCCC/C=C\CCCCCCCCCCCCCCCCCCCC(=O)NC(COC1OC(CO)C(OC2OC(CO)C(O)C(OC3(C(=O)O)CC(O)C(NC(C)=O)C(C(O)C(O)CO)O3)C2O)C(O)C1O)C(O)CCCCCCCCCCCCCCCC. The van der Waals surface area contributed by atoms with Crippen LogP contribution in [0.5, 0.6) is 0 Å². The first-order valence-electron chi connectivity index (χ1n) is 42.5. The van der Waals surface area contributed by atoms with E-state index in [0.29, 0.717) is 19.3 Å². The molecule has 3 rings (SSSR count). The van der Waals surface area contributed by atoms with Gasteiger partial charge in [-0.05, 0) is 38.5 Å². The molecule has 18 atom stereocenters. The normalized spacial score (nSPS) is 26.2. The van der Waals surface area contributed by atoms with Crippen LogP contribution in [0.3, 0.4) is 0 Å². The van der Waals surface area contributed by atoms with E-state index in [4.69, 9.17) is 28.4 Å². The number of unbranched alkanes of at least 4 members (excludes halogenated alkanes) is 46. The Morgan fingerprint density at radius 1 is 0.486 bits per heavy atom. The first kappa shape index (κ1) is 96.7. The Kier molecular flexibility index (Phi) is 56.3. The largest absolute Gasteiger partial charge is 0.477 e. The van der Waals surface area contributed by atoms with Crippen LogP contribution in [0.1, 0.15) is 355 Å². The Labute approximate surface area is 632 Å². The summed E-state index contributed by atoms with van der Waals surface area (Å²) in [6.45, 7) is 2.25. The number of ether oxygens (including phenoxy) is 6. The van der Waals surface area contributed by atoms with E-state index < -0.39 is 148 Å². The van der Waals surface area contributed by atoms with E-state index >= 15 is 0 Å². The van der Waals surface area contributed by atoms with Crippen molar-refractivity contribution in [2.45, 2.75) is 464 Å². The molecule has 0 saturated carbocycles. The maximum atomic E-state index is 13.5. The molecule has 3 aliphatic rings. The van der Waals surface area contributed by atoms with E-state index in [1.807, 2.05) is 0 Å². The summed E-state index contributed by atoms with van der Waals surface area (Å²) >= 11 is 0. The number of aliphatic hydroxyl groups is 11. The molecule has 3 saturated heterocycles. The molecule has 0 aromatic carbocycles. The summed E-state index contributed by atoms with van der Waals surface area (Å²) in [7, 11) is 0. The zero-order valence-electron chi connectivity index (χ0n) is 65.6. The smallest absolute Gasteiger partial charge is 0.364 e. The number of aliphatic carboxylic acids is 1. The van der Waals surface area contributed by atoms with E-state index in [0.717, 1.165) is 58.3 Å². The number of hydrogen-bond acceptors (Lipinski definition) is 20. The van der Waals surface area contributed by atoms with Crippen molar-refractivity contribution in [3.63, 3.8) is 0 Å². The lowest BCUT2D eigenvalue weighted by molar-refractivity contribution is -0.386. The van der Waals surface area contributed by atoms with Gasteiger partial charge in [-0.2, -0.15) is 0 Å². The number of aliphatic hydroxyl groups excluding tert-OH is 11. The van der Waals surface area contributed by atoms with E-state index in [-0.39, 0.29) is 18.9 Å². The third-order valence-corrected chi connectivity index (χ3v) is 21.7. The van der Waals surface area contributed by atoms with Crippen molar-refractivity contribution in [3.05, 3.63) is 12.2 Å².